The third-order valence-electron chi connectivity index (χ3n) is 5.74. The summed E-state index contributed by atoms with van der Waals surface area (Å²) >= 11 is 0. The lowest BCUT2D eigenvalue weighted by Gasteiger charge is -2.24. The summed E-state index contributed by atoms with van der Waals surface area (Å²) in [4.78, 5) is 60.6. The van der Waals surface area contributed by atoms with Gasteiger partial charge in [-0.3, -0.25) is 19.2 Å². The fraction of sp³-hybridized carbons (Fsp3) is 0.593. The lowest BCUT2D eigenvalue weighted by molar-refractivity contribution is -0.145. The van der Waals surface area contributed by atoms with Crippen LogP contribution in [0.4, 0.5) is 0 Å². The van der Waals surface area contributed by atoms with E-state index < -0.39 is 30.0 Å². The van der Waals surface area contributed by atoms with E-state index in [1.807, 2.05) is 37.3 Å². The van der Waals surface area contributed by atoms with Crippen molar-refractivity contribution in [2.75, 3.05) is 20.3 Å². The Labute approximate surface area is 224 Å². The predicted octanol–water partition coefficient (Wildman–Crippen LogP) is 0.998. The van der Waals surface area contributed by atoms with Crippen molar-refractivity contribution < 1.29 is 33.4 Å². The Hall–Kier alpha value is -3.47. The number of nitrogens with one attached hydrogen (secondary N) is 4. The molecule has 0 aromatic heterocycles. The molecule has 212 valence electrons. The molecule has 4 N–H and O–H groups in total. The Bertz CT molecular complexity index is 910. The number of unbranched alkanes of at least 4 members (excludes halogenated alkanes) is 1. The molecule has 0 saturated heterocycles. The zero-order valence-electron chi connectivity index (χ0n) is 23.0. The molecular weight excluding hydrogens is 492 g/mol. The monoisotopic (exact) mass is 534 g/mol. The third kappa shape index (κ3) is 13.2. The van der Waals surface area contributed by atoms with Crippen LogP contribution in [-0.2, 0) is 39.9 Å². The maximum absolute atomic E-state index is 12.9. The largest absolute Gasteiger partial charge is 0.467 e. The smallest absolute Gasteiger partial charge is 0.328 e. The van der Waals surface area contributed by atoms with Crippen molar-refractivity contribution in [2.24, 2.45) is 0 Å². The molecule has 0 aliphatic heterocycles. The summed E-state index contributed by atoms with van der Waals surface area (Å²) in [7, 11) is 1.24. The molecule has 1 aromatic rings. The van der Waals surface area contributed by atoms with Gasteiger partial charge in [-0.2, -0.15) is 0 Å². The van der Waals surface area contributed by atoms with E-state index in [2.05, 4.69) is 21.3 Å². The number of hydrogen-bond donors (Lipinski definition) is 4. The SMILES string of the molecule is CCOC[C@@H](Cc1ccccc1)NC(=O)[C@@H](C)NC(=O)C(CCCCC(NC(C)=O)C(=O)OC)NC(C)=O. The van der Waals surface area contributed by atoms with Gasteiger partial charge in [-0.15, -0.1) is 0 Å². The summed E-state index contributed by atoms with van der Waals surface area (Å²) < 4.78 is 10.2. The molecule has 0 radical (unpaired) electrons. The van der Waals surface area contributed by atoms with E-state index in [1.165, 1.54) is 21.0 Å². The molecule has 11 heteroatoms. The van der Waals surface area contributed by atoms with Crippen LogP contribution in [0.3, 0.4) is 0 Å². The van der Waals surface area contributed by atoms with Gasteiger partial charge >= 0.3 is 5.97 Å². The molecular formula is C27H42N4O7. The molecule has 0 spiro atoms. The molecule has 0 aliphatic rings. The van der Waals surface area contributed by atoms with Crippen LogP contribution in [0, 0.1) is 0 Å². The van der Waals surface area contributed by atoms with Crippen molar-refractivity contribution in [2.45, 2.75) is 84.0 Å². The van der Waals surface area contributed by atoms with E-state index >= 15 is 0 Å². The molecule has 0 aliphatic carbocycles. The number of ether oxygens (including phenoxy) is 2. The van der Waals surface area contributed by atoms with Crippen LogP contribution in [-0.4, -0.2) is 74.1 Å². The predicted molar refractivity (Wildman–Crippen MR) is 142 cm³/mol. The van der Waals surface area contributed by atoms with Gasteiger partial charge in [0.1, 0.15) is 18.1 Å². The van der Waals surface area contributed by atoms with Crippen LogP contribution < -0.4 is 21.3 Å². The molecule has 4 atom stereocenters. The Morgan fingerprint density at radius 1 is 0.816 bits per heavy atom. The second-order valence-electron chi connectivity index (χ2n) is 9.10. The number of esters is 1. The minimum absolute atomic E-state index is 0.276. The Kier molecular flexibility index (Phi) is 15.3. The Balaban J connectivity index is 2.69. The highest BCUT2D eigenvalue weighted by atomic mass is 16.5. The zero-order chi connectivity index (χ0) is 28.5. The minimum atomic E-state index is -0.858. The van der Waals surface area contributed by atoms with E-state index in [-0.39, 0.29) is 30.2 Å². The maximum atomic E-state index is 12.9. The second-order valence-corrected chi connectivity index (χ2v) is 9.10. The third-order valence-corrected chi connectivity index (χ3v) is 5.74. The summed E-state index contributed by atoms with van der Waals surface area (Å²) in [6.45, 7) is 6.91. The number of benzene rings is 1. The summed E-state index contributed by atoms with van der Waals surface area (Å²) in [6, 6.07) is 6.95. The van der Waals surface area contributed by atoms with E-state index in [0.717, 1.165) is 5.56 Å². The van der Waals surface area contributed by atoms with Gasteiger partial charge in [-0.05, 0) is 38.7 Å². The lowest BCUT2D eigenvalue weighted by Crippen LogP contribution is -2.54. The average Bonchev–Trinajstić information content (AvgIpc) is 2.87. The first-order chi connectivity index (χ1) is 18.1. The number of carbonyl (C=O) groups excluding carboxylic acids is 5. The van der Waals surface area contributed by atoms with Crippen molar-refractivity contribution >= 4 is 29.6 Å². The van der Waals surface area contributed by atoms with Gasteiger partial charge in [0.2, 0.25) is 23.6 Å². The van der Waals surface area contributed by atoms with Crippen LogP contribution in [0.5, 0.6) is 0 Å². The number of carbonyl (C=O) groups is 5. The Morgan fingerprint density at radius 3 is 1.95 bits per heavy atom. The standard InChI is InChI=1S/C27H42N4O7/c1-6-38-17-22(16-21-12-8-7-9-13-21)31-25(34)18(2)28-26(35)23(29-19(3)32)14-10-11-15-24(27(36)37-5)30-20(4)33/h7-9,12-13,18,22-24H,6,10-11,14-17H2,1-5H3,(H,28,35)(H,29,32)(H,30,33)(H,31,34)/t18-,22-,23?,24?/m1/s1. The molecule has 0 saturated carbocycles. The van der Waals surface area contributed by atoms with Crippen molar-refractivity contribution in [1.29, 1.82) is 0 Å². The minimum Gasteiger partial charge on any atom is -0.467 e. The molecule has 2 unspecified atom stereocenters. The van der Waals surface area contributed by atoms with Crippen LogP contribution in [0.15, 0.2) is 30.3 Å². The van der Waals surface area contributed by atoms with Gasteiger partial charge in [0.25, 0.3) is 0 Å². The number of methoxy groups -OCH3 is 1. The van der Waals surface area contributed by atoms with Crippen LogP contribution in [0.1, 0.15) is 58.9 Å². The van der Waals surface area contributed by atoms with Gasteiger partial charge in [0, 0.05) is 20.5 Å². The molecule has 0 bridgehead atoms. The van der Waals surface area contributed by atoms with Crippen LogP contribution in [0.2, 0.25) is 0 Å². The number of amides is 4. The van der Waals surface area contributed by atoms with Gasteiger partial charge in [-0.25, -0.2) is 4.79 Å². The van der Waals surface area contributed by atoms with E-state index in [1.54, 1.807) is 6.92 Å². The first kappa shape index (κ1) is 32.6. The van der Waals surface area contributed by atoms with Crippen LogP contribution >= 0.6 is 0 Å². The molecule has 11 nitrogen and oxygen atoms in total. The van der Waals surface area contributed by atoms with Crippen molar-refractivity contribution in [3.8, 4) is 0 Å². The normalized spacial score (nSPS) is 13.8. The van der Waals surface area contributed by atoms with Gasteiger partial charge in [-0.1, -0.05) is 43.2 Å². The molecule has 38 heavy (non-hydrogen) atoms. The highest BCUT2D eigenvalue weighted by molar-refractivity contribution is 5.91. The van der Waals surface area contributed by atoms with E-state index in [4.69, 9.17) is 9.47 Å². The molecule has 4 amide bonds. The summed E-state index contributed by atoms with van der Waals surface area (Å²) in [6.07, 6.45) is 2.17. The Morgan fingerprint density at radius 2 is 1.39 bits per heavy atom. The summed E-state index contributed by atoms with van der Waals surface area (Å²) in [5, 5.41) is 10.8. The van der Waals surface area contributed by atoms with Gasteiger partial charge in [0.05, 0.1) is 19.8 Å². The zero-order valence-corrected chi connectivity index (χ0v) is 23.0. The second kappa shape index (κ2) is 17.9. The fourth-order valence-corrected chi connectivity index (χ4v) is 3.86. The van der Waals surface area contributed by atoms with Crippen molar-refractivity contribution in [3.63, 3.8) is 0 Å². The fourth-order valence-electron chi connectivity index (χ4n) is 3.86. The topological polar surface area (TPSA) is 152 Å². The first-order valence-corrected chi connectivity index (χ1v) is 12.9. The number of hydrogen-bond acceptors (Lipinski definition) is 7. The number of rotatable bonds is 17. The summed E-state index contributed by atoms with van der Waals surface area (Å²) in [5.41, 5.74) is 1.05. The molecule has 0 fully saturated rings. The molecule has 1 rings (SSSR count). The average molecular weight is 535 g/mol. The van der Waals surface area contributed by atoms with E-state index in [0.29, 0.717) is 38.9 Å². The first-order valence-electron chi connectivity index (χ1n) is 12.9. The highest BCUT2D eigenvalue weighted by Gasteiger charge is 2.25. The molecule has 1 aromatic carbocycles. The van der Waals surface area contributed by atoms with E-state index in [9.17, 15) is 24.0 Å². The van der Waals surface area contributed by atoms with Crippen LogP contribution in [0.25, 0.3) is 0 Å². The maximum Gasteiger partial charge on any atom is 0.328 e. The summed E-state index contributed by atoms with van der Waals surface area (Å²) in [5.74, 6) is -2.13. The molecule has 0 heterocycles. The van der Waals surface area contributed by atoms with Gasteiger partial charge < -0.3 is 30.7 Å². The highest BCUT2D eigenvalue weighted by Crippen LogP contribution is 2.09. The van der Waals surface area contributed by atoms with Gasteiger partial charge in [0.15, 0.2) is 0 Å². The van der Waals surface area contributed by atoms with Crippen molar-refractivity contribution in [1.82, 2.24) is 21.3 Å². The lowest BCUT2D eigenvalue weighted by atomic mass is 10.0. The van der Waals surface area contributed by atoms with Crippen molar-refractivity contribution in [3.05, 3.63) is 35.9 Å². The quantitative estimate of drug-likeness (QED) is 0.172.